The minimum Gasteiger partial charge on any atom is -0.507 e. The van der Waals surface area contributed by atoms with Crippen LogP contribution < -0.4 is 0 Å². The van der Waals surface area contributed by atoms with Gasteiger partial charge in [-0.2, -0.15) is 0 Å². The van der Waals surface area contributed by atoms with Crippen LogP contribution in [-0.2, 0) is 4.79 Å². The highest BCUT2D eigenvalue weighted by molar-refractivity contribution is 5.70. The normalized spacial score (nSPS) is 9.20. The molecule has 78 valence electrons. The summed E-state index contributed by atoms with van der Waals surface area (Å²) >= 11 is 0. The first-order valence-electron chi connectivity index (χ1n) is 3.89. The lowest BCUT2D eigenvalue weighted by Crippen LogP contribution is -1.91. The molecular weight excluding hydrogens is 206 g/mol. The molecule has 0 fully saturated rings. The van der Waals surface area contributed by atoms with E-state index in [0.29, 0.717) is 12.1 Å². The summed E-state index contributed by atoms with van der Waals surface area (Å²) in [6.45, 7) is 0. The Balaban J connectivity index is 2.98. The number of carboxylic acids is 1. The minimum atomic E-state index is -1.18. The molecule has 0 aliphatic carbocycles. The molecule has 0 atom stereocenters. The molecule has 3 nitrogen and oxygen atoms in total. The van der Waals surface area contributed by atoms with Crippen molar-refractivity contribution in [2.24, 2.45) is 0 Å². The van der Waals surface area contributed by atoms with Gasteiger partial charge >= 0.3 is 5.97 Å². The number of hydrogen-bond acceptors (Lipinski definition) is 2. The van der Waals surface area contributed by atoms with Crippen LogP contribution in [0.2, 0.25) is 0 Å². The summed E-state index contributed by atoms with van der Waals surface area (Å²) in [5, 5.41) is 17.4. The minimum absolute atomic E-state index is 0.143. The van der Waals surface area contributed by atoms with Crippen LogP contribution in [-0.4, -0.2) is 16.2 Å². The molecule has 0 radical (unpaired) electrons. The fourth-order valence-electron chi connectivity index (χ4n) is 0.851. The van der Waals surface area contributed by atoms with Gasteiger partial charge in [-0.25, -0.2) is 8.78 Å². The first kappa shape index (κ1) is 11.0. The number of aromatic hydroxyl groups is 1. The molecular formula is C10H6F2O3. The largest absolute Gasteiger partial charge is 0.507 e. The molecule has 5 heteroatoms. The van der Waals surface area contributed by atoms with Crippen molar-refractivity contribution in [3.8, 4) is 17.6 Å². The Hall–Kier alpha value is -2.09. The molecule has 15 heavy (non-hydrogen) atoms. The lowest BCUT2D eigenvalue weighted by atomic mass is 10.2. The molecule has 0 saturated heterocycles. The lowest BCUT2D eigenvalue weighted by Gasteiger charge is -1.97. The van der Waals surface area contributed by atoms with Crippen molar-refractivity contribution in [3.05, 3.63) is 29.3 Å². The summed E-state index contributed by atoms with van der Waals surface area (Å²) < 4.78 is 25.2. The van der Waals surface area contributed by atoms with Gasteiger partial charge in [0.2, 0.25) is 0 Å². The number of phenols is 1. The van der Waals surface area contributed by atoms with Crippen molar-refractivity contribution in [1.29, 1.82) is 0 Å². The smallest absolute Gasteiger partial charge is 0.315 e. The number of hydrogen-bond donors (Lipinski definition) is 2. The Labute approximate surface area is 84.0 Å². The summed E-state index contributed by atoms with van der Waals surface area (Å²) in [5.74, 6) is 0.429. The van der Waals surface area contributed by atoms with E-state index in [-0.39, 0.29) is 5.56 Å². The number of halogens is 2. The Morgan fingerprint density at radius 2 is 1.93 bits per heavy atom. The van der Waals surface area contributed by atoms with E-state index >= 15 is 0 Å². The van der Waals surface area contributed by atoms with Gasteiger partial charge in [0.05, 0.1) is 5.56 Å². The molecule has 0 unspecified atom stereocenters. The Morgan fingerprint density at radius 3 is 2.53 bits per heavy atom. The zero-order chi connectivity index (χ0) is 11.4. The topological polar surface area (TPSA) is 57.5 Å². The summed E-state index contributed by atoms with van der Waals surface area (Å²) in [6, 6.07) is 1.29. The number of phenolic OH excluding ortho intramolecular Hbond substituents is 1. The van der Waals surface area contributed by atoms with Crippen LogP contribution >= 0.6 is 0 Å². The third-order valence-electron chi connectivity index (χ3n) is 1.50. The van der Waals surface area contributed by atoms with Gasteiger partial charge in [0, 0.05) is 6.07 Å². The molecule has 0 spiro atoms. The number of rotatable bonds is 1. The highest BCUT2D eigenvalue weighted by atomic mass is 19.2. The van der Waals surface area contributed by atoms with Crippen molar-refractivity contribution in [3.63, 3.8) is 0 Å². The Morgan fingerprint density at radius 1 is 1.33 bits per heavy atom. The zero-order valence-electron chi connectivity index (χ0n) is 7.42. The van der Waals surface area contributed by atoms with Gasteiger partial charge in [0.15, 0.2) is 11.6 Å². The molecule has 2 N–H and O–H groups in total. The molecule has 0 amide bonds. The highest BCUT2D eigenvalue weighted by Crippen LogP contribution is 2.19. The Bertz CT molecular complexity index is 458. The van der Waals surface area contributed by atoms with Gasteiger partial charge < -0.3 is 10.2 Å². The first-order valence-corrected chi connectivity index (χ1v) is 3.89. The van der Waals surface area contributed by atoms with Crippen molar-refractivity contribution in [2.75, 3.05) is 0 Å². The maximum atomic E-state index is 12.7. The monoisotopic (exact) mass is 212 g/mol. The first-order chi connectivity index (χ1) is 7.00. The SMILES string of the molecule is O=C(O)CC#Cc1cc(F)c(F)cc1O. The average Bonchev–Trinajstić information content (AvgIpc) is 2.13. The van der Waals surface area contributed by atoms with Gasteiger partial charge in [0.1, 0.15) is 12.2 Å². The lowest BCUT2D eigenvalue weighted by molar-refractivity contribution is -0.135. The van der Waals surface area contributed by atoms with Gasteiger partial charge in [-0.15, -0.1) is 0 Å². The van der Waals surface area contributed by atoms with Crippen molar-refractivity contribution in [2.45, 2.75) is 6.42 Å². The van der Waals surface area contributed by atoms with E-state index in [1.165, 1.54) is 0 Å². The zero-order valence-corrected chi connectivity index (χ0v) is 7.42. The predicted molar refractivity (Wildman–Crippen MR) is 47.2 cm³/mol. The number of carbonyl (C=O) groups is 1. The third kappa shape index (κ3) is 2.95. The third-order valence-corrected chi connectivity index (χ3v) is 1.50. The van der Waals surface area contributed by atoms with Crippen molar-refractivity contribution >= 4 is 5.97 Å². The fraction of sp³-hybridized carbons (Fsp3) is 0.100. The second kappa shape index (κ2) is 4.42. The fourth-order valence-corrected chi connectivity index (χ4v) is 0.851. The van der Waals surface area contributed by atoms with E-state index in [1.54, 1.807) is 0 Å². The highest BCUT2D eigenvalue weighted by Gasteiger charge is 2.06. The molecule has 1 aromatic carbocycles. The molecule has 0 bridgehead atoms. The standard InChI is InChI=1S/C10H6F2O3/c11-7-4-6(2-1-3-10(14)15)9(13)5-8(7)12/h4-5,13H,3H2,(H,14,15). The summed E-state index contributed by atoms with van der Waals surface area (Å²) in [7, 11) is 0. The maximum Gasteiger partial charge on any atom is 0.315 e. The van der Waals surface area contributed by atoms with E-state index in [1.807, 2.05) is 0 Å². The average molecular weight is 212 g/mol. The van der Waals surface area contributed by atoms with E-state index < -0.39 is 29.8 Å². The van der Waals surface area contributed by atoms with Gasteiger partial charge in [-0.05, 0) is 6.07 Å². The molecule has 1 rings (SSSR count). The molecule has 0 saturated carbocycles. The van der Waals surface area contributed by atoms with E-state index in [9.17, 15) is 13.6 Å². The number of carboxylic acid groups (broad SMARTS) is 1. The van der Waals surface area contributed by atoms with Crippen LogP contribution in [0.1, 0.15) is 12.0 Å². The van der Waals surface area contributed by atoms with E-state index in [4.69, 9.17) is 10.2 Å². The van der Waals surface area contributed by atoms with Gasteiger partial charge in [-0.1, -0.05) is 11.8 Å². The molecule has 0 heterocycles. The van der Waals surface area contributed by atoms with Gasteiger partial charge in [-0.3, -0.25) is 4.79 Å². The van der Waals surface area contributed by atoms with Crippen LogP contribution in [0.4, 0.5) is 8.78 Å². The second-order valence-electron chi connectivity index (χ2n) is 2.66. The summed E-state index contributed by atoms with van der Waals surface area (Å²) in [6.07, 6.45) is -0.432. The Kier molecular flexibility index (Phi) is 3.24. The van der Waals surface area contributed by atoms with Crippen LogP contribution in [0.5, 0.6) is 5.75 Å². The van der Waals surface area contributed by atoms with Crippen LogP contribution in [0, 0.1) is 23.5 Å². The van der Waals surface area contributed by atoms with Crippen LogP contribution in [0.3, 0.4) is 0 Å². The van der Waals surface area contributed by atoms with E-state index in [0.717, 1.165) is 0 Å². The summed E-state index contributed by atoms with van der Waals surface area (Å²) in [4.78, 5) is 10.1. The van der Waals surface area contributed by atoms with Gasteiger partial charge in [0.25, 0.3) is 0 Å². The number of benzene rings is 1. The maximum absolute atomic E-state index is 12.7. The molecule has 0 aromatic heterocycles. The summed E-state index contributed by atoms with van der Waals surface area (Å²) in [5.41, 5.74) is -0.143. The molecule has 0 aliphatic rings. The second-order valence-corrected chi connectivity index (χ2v) is 2.66. The van der Waals surface area contributed by atoms with E-state index in [2.05, 4.69) is 11.8 Å². The van der Waals surface area contributed by atoms with Crippen LogP contribution in [0.25, 0.3) is 0 Å². The van der Waals surface area contributed by atoms with Crippen LogP contribution in [0.15, 0.2) is 12.1 Å². The van der Waals surface area contributed by atoms with Crippen molar-refractivity contribution < 1.29 is 23.8 Å². The predicted octanol–water partition coefficient (Wildman–Crippen LogP) is 1.50. The molecule has 0 aliphatic heterocycles. The molecule has 1 aromatic rings. The number of aliphatic carboxylic acids is 1. The van der Waals surface area contributed by atoms with Crippen molar-refractivity contribution in [1.82, 2.24) is 0 Å². The quantitative estimate of drug-likeness (QED) is 0.693.